The van der Waals surface area contributed by atoms with Crippen molar-refractivity contribution in [2.24, 2.45) is 11.8 Å². The van der Waals surface area contributed by atoms with E-state index in [9.17, 15) is 9.59 Å². The van der Waals surface area contributed by atoms with Crippen LogP contribution in [0.4, 0.5) is 16.3 Å². The van der Waals surface area contributed by atoms with Crippen LogP contribution in [-0.2, 0) is 9.53 Å². The predicted molar refractivity (Wildman–Crippen MR) is 90.4 cm³/mol. The van der Waals surface area contributed by atoms with Crippen LogP contribution in [0, 0.1) is 11.8 Å². The van der Waals surface area contributed by atoms with Crippen LogP contribution in [0.3, 0.4) is 0 Å². The minimum Gasteiger partial charge on any atom is -0.444 e. The lowest BCUT2D eigenvalue weighted by Gasteiger charge is -2.33. The average molecular weight is 332 g/mol. The number of nitrogens with two attached hydrogens (primary N) is 1. The molecule has 2 atom stereocenters. The zero-order valence-electron chi connectivity index (χ0n) is 14.4. The number of nitrogen functional groups attached to an aromatic ring is 1. The number of pyridine rings is 1. The van der Waals surface area contributed by atoms with Gasteiger partial charge >= 0.3 is 6.09 Å². The molecule has 0 saturated carbocycles. The van der Waals surface area contributed by atoms with Crippen molar-refractivity contribution in [2.75, 3.05) is 30.3 Å². The monoisotopic (exact) mass is 332 g/mol. The highest BCUT2D eigenvalue weighted by Crippen LogP contribution is 2.34. The lowest BCUT2D eigenvalue weighted by molar-refractivity contribution is -0.121. The average Bonchev–Trinajstić information content (AvgIpc) is 2.88. The summed E-state index contributed by atoms with van der Waals surface area (Å²) in [5.74, 6) is 0.947. The molecule has 2 aliphatic rings. The van der Waals surface area contributed by atoms with Crippen LogP contribution >= 0.6 is 0 Å². The third-order valence-corrected chi connectivity index (χ3v) is 4.47. The Morgan fingerprint density at radius 1 is 1.25 bits per heavy atom. The minimum absolute atomic E-state index is 0.0638. The molecule has 7 nitrogen and oxygen atoms in total. The number of carbonyl (C=O) groups is 2. The van der Waals surface area contributed by atoms with Gasteiger partial charge in [-0.3, -0.25) is 4.79 Å². The molecule has 0 unspecified atom stereocenters. The van der Waals surface area contributed by atoms with Gasteiger partial charge < -0.3 is 20.3 Å². The maximum absolute atomic E-state index is 12.5. The molecule has 7 heteroatoms. The van der Waals surface area contributed by atoms with Crippen LogP contribution in [0.15, 0.2) is 18.3 Å². The van der Waals surface area contributed by atoms with Gasteiger partial charge in [0.1, 0.15) is 11.4 Å². The van der Waals surface area contributed by atoms with Crippen LogP contribution in [-0.4, -0.2) is 47.1 Å². The van der Waals surface area contributed by atoms with Gasteiger partial charge in [-0.2, -0.15) is 0 Å². The smallest absolute Gasteiger partial charge is 0.410 e. The number of piperidine rings is 1. The van der Waals surface area contributed by atoms with Crippen LogP contribution in [0.5, 0.6) is 0 Å². The molecular weight excluding hydrogens is 308 g/mol. The van der Waals surface area contributed by atoms with Gasteiger partial charge in [-0.25, -0.2) is 9.78 Å². The number of ether oxygens (including phenoxy) is 1. The van der Waals surface area contributed by atoms with Gasteiger partial charge in [0, 0.05) is 26.1 Å². The van der Waals surface area contributed by atoms with Gasteiger partial charge in [0.2, 0.25) is 5.91 Å². The number of carbonyl (C=O) groups excluding carboxylic acids is 2. The summed E-state index contributed by atoms with van der Waals surface area (Å²) >= 11 is 0. The number of likely N-dealkylation sites (tertiary alicyclic amines) is 1. The van der Waals surface area contributed by atoms with Gasteiger partial charge in [-0.15, -0.1) is 0 Å². The van der Waals surface area contributed by atoms with Crippen molar-refractivity contribution in [3.63, 3.8) is 0 Å². The largest absolute Gasteiger partial charge is 0.444 e. The van der Waals surface area contributed by atoms with E-state index in [0.29, 0.717) is 31.9 Å². The van der Waals surface area contributed by atoms with E-state index in [-0.39, 0.29) is 23.8 Å². The van der Waals surface area contributed by atoms with E-state index in [4.69, 9.17) is 10.5 Å². The molecule has 0 aromatic carbocycles. The van der Waals surface area contributed by atoms with E-state index in [2.05, 4.69) is 4.98 Å². The molecule has 3 heterocycles. The Labute approximate surface area is 141 Å². The highest BCUT2D eigenvalue weighted by molar-refractivity contribution is 5.94. The van der Waals surface area contributed by atoms with Crippen molar-refractivity contribution in [2.45, 2.75) is 32.8 Å². The molecule has 0 aliphatic carbocycles. The normalized spacial score (nSPS) is 24.0. The van der Waals surface area contributed by atoms with E-state index in [0.717, 1.165) is 5.69 Å². The molecule has 0 spiro atoms. The van der Waals surface area contributed by atoms with Gasteiger partial charge in [0.15, 0.2) is 0 Å². The quantitative estimate of drug-likeness (QED) is 0.848. The number of rotatable bonds is 1. The highest BCUT2D eigenvalue weighted by Gasteiger charge is 2.43. The maximum Gasteiger partial charge on any atom is 0.410 e. The molecule has 1 aromatic heterocycles. The Morgan fingerprint density at radius 2 is 1.96 bits per heavy atom. The third-order valence-electron chi connectivity index (χ3n) is 4.47. The summed E-state index contributed by atoms with van der Waals surface area (Å²) in [5, 5.41) is 0. The number of anilines is 2. The zero-order chi connectivity index (χ0) is 17.5. The minimum atomic E-state index is -0.512. The lowest BCUT2D eigenvalue weighted by atomic mass is 9.88. The van der Waals surface area contributed by atoms with Gasteiger partial charge in [0.25, 0.3) is 0 Å². The van der Waals surface area contributed by atoms with E-state index in [1.54, 1.807) is 28.1 Å². The topological polar surface area (TPSA) is 88.8 Å². The Hall–Kier alpha value is -2.31. The summed E-state index contributed by atoms with van der Waals surface area (Å²) in [6.45, 7) is 7.35. The molecule has 3 rings (SSSR count). The van der Waals surface area contributed by atoms with Gasteiger partial charge in [-0.1, -0.05) is 0 Å². The third kappa shape index (κ3) is 3.44. The maximum atomic E-state index is 12.5. The Balaban J connectivity index is 1.68. The molecule has 2 aliphatic heterocycles. The van der Waals surface area contributed by atoms with Crippen LogP contribution in [0.25, 0.3) is 0 Å². The second-order valence-corrected chi connectivity index (χ2v) is 7.56. The fourth-order valence-corrected chi connectivity index (χ4v) is 3.33. The van der Waals surface area contributed by atoms with Crippen LogP contribution < -0.4 is 10.6 Å². The molecular formula is C17H24N4O3. The molecule has 1 aromatic rings. The fraction of sp³-hybridized carbons (Fsp3) is 0.588. The number of nitrogens with zero attached hydrogens (tertiary/aromatic N) is 3. The number of amides is 2. The molecule has 2 fully saturated rings. The summed E-state index contributed by atoms with van der Waals surface area (Å²) in [6.07, 6.45) is 1.76. The lowest BCUT2D eigenvalue weighted by Crippen LogP contribution is -2.44. The molecule has 2 amide bonds. The molecule has 2 N–H and O–H groups in total. The molecule has 24 heavy (non-hydrogen) atoms. The Kier molecular flexibility index (Phi) is 4.11. The van der Waals surface area contributed by atoms with Crippen molar-refractivity contribution in [3.05, 3.63) is 18.3 Å². The summed E-state index contributed by atoms with van der Waals surface area (Å²) in [6, 6.07) is 3.50. The second kappa shape index (κ2) is 5.96. The van der Waals surface area contributed by atoms with E-state index < -0.39 is 5.60 Å². The summed E-state index contributed by atoms with van der Waals surface area (Å²) < 4.78 is 5.44. The number of hydrogen-bond acceptors (Lipinski definition) is 5. The zero-order valence-corrected chi connectivity index (χ0v) is 14.4. The number of aromatic nitrogens is 1. The van der Waals surface area contributed by atoms with Crippen molar-refractivity contribution in [1.29, 1.82) is 0 Å². The first-order chi connectivity index (χ1) is 11.2. The predicted octanol–water partition coefficient (Wildman–Crippen LogP) is 1.88. The Bertz CT molecular complexity index is 638. The van der Waals surface area contributed by atoms with Crippen molar-refractivity contribution < 1.29 is 14.3 Å². The first-order valence-corrected chi connectivity index (χ1v) is 8.23. The second-order valence-electron chi connectivity index (χ2n) is 7.56. The van der Waals surface area contributed by atoms with Crippen molar-refractivity contribution in [1.82, 2.24) is 9.88 Å². The first-order valence-electron chi connectivity index (χ1n) is 8.23. The molecule has 130 valence electrons. The standard InChI is InChI=1S/C17H24N4O3/c1-17(2,3)24-16(23)20-8-11-6-15(22)21(10-12(11)9-20)13-4-5-14(18)19-7-13/h4-5,7,11-12H,6,8-10H2,1-3H3,(H2,18,19)/t11-,12-/m0/s1. The van der Waals surface area contributed by atoms with E-state index >= 15 is 0 Å². The summed E-state index contributed by atoms with van der Waals surface area (Å²) in [5.41, 5.74) is 5.85. The first kappa shape index (κ1) is 16.5. The van der Waals surface area contributed by atoms with Crippen molar-refractivity contribution >= 4 is 23.5 Å². The van der Waals surface area contributed by atoms with E-state index in [1.807, 2.05) is 20.8 Å². The fourth-order valence-electron chi connectivity index (χ4n) is 3.33. The van der Waals surface area contributed by atoms with Gasteiger partial charge in [-0.05, 0) is 44.7 Å². The summed E-state index contributed by atoms with van der Waals surface area (Å²) in [7, 11) is 0. The van der Waals surface area contributed by atoms with Crippen molar-refractivity contribution in [3.8, 4) is 0 Å². The SMILES string of the molecule is CC(C)(C)OC(=O)N1C[C@@H]2CC(=O)N(c3ccc(N)nc3)C[C@@H]2C1. The molecule has 2 saturated heterocycles. The van der Waals surface area contributed by atoms with E-state index in [1.165, 1.54) is 0 Å². The highest BCUT2D eigenvalue weighted by atomic mass is 16.6. The number of hydrogen-bond donors (Lipinski definition) is 1. The molecule has 0 bridgehead atoms. The Morgan fingerprint density at radius 3 is 2.58 bits per heavy atom. The number of fused-ring (bicyclic) bond motifs is 1. The van der Waals surface area contributed by atoms with Crippen LogP contribution in [0.1, 0.15) is 27.2 Å². The molecule has 0 radical (unpaired) electrons. The van der Waals surface area contributed by atoms with Crippen LogP contribution in [0.2, 0.25) is 0 Å². The summed E-state index contributed by atoms with van der Waals surface area (Å²) in [4.78, 5) is 32.2. The van der Waals surface area contributed by atoms with Gasteiger partial charge in [0.05, 0.1) is 11.9 Å².